The predicted octanol–water partition coefficient (Wildman–Crippen LogP) is 2.18. The van der Waals surface area contributed by atoms with Crippen molar-refractivity contribution in [1.82, 2.24) is 0 Å². The Labute approximate surface area is 120 Å². The summed E-state index contributed by atoms with van der Waals surface area (Å²) in [5.41, 5.74) is 1.08. The van der Waals surface area contributed by atoms with Gasteiger partial charge in [0.05, 0.1) is 20.3 Å². The first-order valence-electron chi connectivity index (χ1n) is 6.60. The van der Waals surface area contributed by atoms with E-state index < -0.39 is 12.1 Å². The van der Waals surface area contributed by atoms with E-state index in [1.165, 1.54) is 7.11 Å². The van der Waals surface area contributed by atoms with Crippen LogP contribution < -0.4 is 0 Å². The molecule has 0 radical (unpaired) electrons. The van der Waals surface area contributed by atoms with Crippen molar-refractivity contribution < 1.29 is 19.4 Å². The number of esters is 1. The van der Waals surface area contributed by atoms with E-state index in [4.69, 9.17) is 4.74 Å². The lowest BCUT2D eigenvalue weighted by molar-refractivity contribution is -0.154. The average Bonchev–Trinajstić information content (AvgIpc) is 2.50. The molecule has 0 heterocycles. The van der Waals surface area contributed by atoms with Gasteiger partial charge in [-0.25, -0.2) is 4.79 Å². The molecule has 1 aromatic carbocycles. The average molecular weight is 278 g/mol. The van der Waals surface area contributed by atoms with E-state index in [0.29, 0.717) is 13.2 Å². The van der Waals surface area contributed by atoms with Gasteiger partial charge in [-0.2, -0.15) is 0 Å². The molecule has 0 aliphatic heterocycles. The second-order valence-corrected chi connectivity index (χ2v) is 4.73. The van der Waals surface area contributed by atoms with Crippen LogP contribution in [-0.4, -0.2) is 30.9 Å². The Morgan fingerprint density at radius 2 is 2.05 bits per heavy atom. The zero-order chi connectivity index (χ0) is 15.0. The maximum absolute atomic E-state index is 11.3. The summed E-state index contributed by atoms with van der Waals surface area (Å²) >= 11 is 0. The smallest absolute Gasteiger partial charge is 0.334 e. The van der Waals surface area contributed by atoms with Gasteiger partial charge < -0.3 is 14.6 Å². The molecular formula is C16H22O4. The van der Waals surface area contributed by atoms with E-state index in [9.17, 15) is 9.90 Å². The number of carbonyl (C=O) groups is 1. The Morgan fingerprint density at radius 1 is 1.40 bits per heavy atom. The van der Waals surface area contributed by atoms with E-state index in [-0.39, 0.29) is 11.8 Å². The molecule has 0 unspecified atom stereocenters. The van der Waals surface area contributed by atoms with Crippen molar-refractivity contribution in [2.45, 2.75) is 19.6 Å². The minimum absolute atomic E-state index is 0.118. The highest BCUT2D eigenvalue weighted by atomic mass is 16.5. The Hall–Kier alpha value is -1.65. The van der Waals surface area contributed by atoms with Gasteiger partial charge in [0.1, 0.15) is 0 Å². The fourth-order valence-electron chi connectivity index (χ4n) is 1.89. The van der Waals surface area contributed by atoms with Crippen molar-refractivity contribution in [3.05, 3.63) is 48.6 Å². The first kappa shape index (κ1) is 16.4. The van der Waals surface area contributed by atoms with Gasteiger partial charge in [-0.1, -0.05) is 43.3 Å². The quantitative estimate of drug-likeness (QED) is 0.585. The topological polar surface area (TPSA) is 55.8 Å². The summed E-state index contributed by atoms with van der Waals surface area (Å²) in [6.07, 6.45) is 0.533. The van der Waals surface area contributed by atoms with Crippen molar-refractivity contribution in [2.24, 2.45) is 11.8 Å². The molecule has 3 atom stereocenters. The minimum atomic E-state index is -1.16. The second kappa shape index (κ2) is 8.51. The van der Waals surface area contributed by atoms with E-state index in [0.717, 1.165) is 5.56 Å². The highest BCUT2D eigenvalue weighted by Crippen LogP contribution is 2.19. The molecule has 0 spiro atoms. The molecular weight excluding hydrogens is 256 g/mol. The molecule has 20 heavy (non-hydrogen) atoms. The molecule has 1 rings (SSSR count). The molecule has 0 aromatic heterocycles. The van der Waals surface area contributed by atoms with E-state index >= 15 is 0 Å². The van der Waals surface area contributed by atoms with E-state index in [1.54, 1.807) is 13.0 Å². The van der Waals surface area contributed by atoms with Crippen molar-refractivity contribution in [3.8, 4) is 0 Å². The van der Waals surface area contributed by atoms with Crippen LogP contribution in [0.1, 0.15) is 12.5 Å². The van der Waals surface area contributed by atoms with Crippen molar-refractivity contribution in [2.75, 3.05) is 13.7 Å². The van der Waals surface area contributed by atoms with Crippen LogP contribution in [0, 0.1) is 11.8 Å². The van der Waals surface area contributed by atoms with E-state index in [2.05, 4.69) is 11.3 Å². The molecule has 0 amide bonds. The van der Waals surface area contributed by atoms with Gasteiger partial charge >= 0.3 is 5.97 Å². The second-order valence-electron chi connectivity index (χ2n) is 4.73. The number of carbonyl (C=O) groups excluding carboxylic acids is 1. The molecule has 4 heteroatoms. The van der Waals surface area contributed by atoms with Crippen LogP contribution >= 0.6 is 0 Å². The summed E-state index contributed by atoms with van der Waals surface area (Å²) in [6, 6.07) is 9.82. The number of benzene rings is 1. The number of hydrogen-bond acceptors (Lipinski definition) is 4. The summed E-state index contributed by atoms with van der Waals surface area (Å²) in [4.78, 5) is 11.3. The van der Waals surface area contributed by atoms with E-state index in [1.807, 2.05) is 30.3 Å². The lowest BCUT2D eigenvalue weighted by atomic mass is 9.90. The highest BCUT2D eigenvalue weighted by molar-refractivity contribution is 5.74. The number of rotatable bonds is 8. The fourth-order valence-corrected chi connectivity index (χ4v) is 1.89. The minimum Gasteiger partial charge on any atom is -0.467 e. The van der Waals surface area contributed by atoms with Gasteiger partial charge in [0, 0.05) is 11.8 Å². The first-order valence-corrected chi connectivity index (χ1v) is 6.60. The maximum Gasteiger partial charge on any atom is 0.334 e. The van der Waals surface area contributed by atoms with Gasteiger partial charge in [-0.15, -0.1) is 6.58 Å². The summed E-state index contributed by atoms with van der Waals surface area (Å²) in [5.74, 6) is -1.06. The van der Waals surface area contributed by atoms with Gasteiger partial charge in [0.15, 0.2) is 6.10 Å². The summed E-state index contributed by atoms with van der Waals surface area (Å²) in [5, 5.41) is 9.83. The lowest BCUT2D eigenvalue weighted by Crippen LogP contribution is -2.34. The number of hydrogen-bond donors (Lipinski definition) is 1. The molecule has 0 saturated carbocycles. The third kappa shape index (κ3) is 4.79. The van der Waals surface area contributed by atoms with Crippen molar-refractivity contribution >= 4 is 5.97 Å². The lowest BCUT2D eigenvalue weighted by Gasteiger charge is -2.24. The maximum atomic E-state index is 11.3. The molecule has 1 aromatic rings. The van der Waals surface area contributed by atoms with Crippen LogP contribution in [0.2, 0.25) is 0 Å². The Kier molecular flexibility index (Phi) is 6.98. The molecule has 4 nitrogen and oxygen atoms in total. The normalized spacial score (nSPS) is 15.2. The van der Waals surface area contributed by atoms with Crippen LogP contribution in [0.15, 0.2) is 43.0 Å². The Morgan fingerprint density at radius 3 is 2.60 bits per heavy atom. The van der Waals surface area contributed by atoms with Gasteiger partial charge in [0.25, 0.3) is 0 Å². The Bertz CT molecular complexity index is 416. The van der Waals surface area contributed by atoms with Gasteiger partial charge in [-0.3, -0.25) is 0 Å². The molecule has 1 N–H and O–H groups in total. The standard InChI is InChI=1S/C16H22O4/c1-4-14(12(2)15(17)16(18)19-3)11-20-10-13-8-6-5-7-9-13/h4-9,12,14-15,17H,1,10-11H2,2-3H3/t12-,14+,15-/m1/s1. The molecule has 0 bridgehead atoms. The SMILES string of the molecule is C=C[C@@H](COCc1ccccc1)[C@@H](C)[C@@H](O)C(=O)OC. The molecule has 0 aliphatic rings. The zero-order valence-corrected chi connectivity index (χ0v) is 12.0. The van der Waals surface area contributed by atoms with Crippen LogP contribution in [-0.2, 0) is 20.9 Å². The van der Waals surface area contributed by atoms with Gasteiger partial charge in [0.2, 0.25) is 0 Å². The fraction of sp³-hybridized carbons (Fsp3) is 0.438. The van der Waals surface area contributed by atoms with Gasteiger partial charge in [-0.05, 0) is 5.56 Å². The zero-order valence-electron chi connectivity index (χ0n) is 12.0. The number of aliphatic hydroxyl groups excluding tert-OH is 1. The Balaban J connectivity index is 2.46. The molecule has 0 saturated heterocycles. The van der Waals surface area contributed by atoms with Crippen LogP contribution in [0.4, 0.5) is 0 Å². The summed E-state index contributed by atoms with van der Waals surface area (Å²) in [6.45, 7) is 6.40. The third-order valence-corrected chi connectivity index (χ3v) is 3.34. The first-order chi connectivity index (χ1) is 9.60. The van der Waals surface area contributed by atoms with Crippen LogP contribution in [0.5, 0.6) is 0 Å². The number of methoxy groups -OCH3 is 1. The number of aliphatic hydroxyl groups is 1. The third-order valence-electron chi connectivity index (χ3n) is 3.34. The predicted molar refractivity (Wildman–Crippen MR) is 77.0 cm³/mol. The summed E-state index contributed by atoms with van der Waals surface area (Å²) < 4.78 is 10.2. The summed E-state index contributed by atoms with van der Waals surface area (Å²) in [7, 11) is 1.26. The monoisotopic (exact) mass is 278 g/mol. The van der Waals surface area contributed by atoms with Crippen molar-refractivity contribution in [1.29, 1.82) is 0 Å². The van der Waals surface area contributed by atoms with Crippen molar-refractivity contribution in [3.63, 3.8) is 0 Å². The van der Waals surface area contributed by atoms with Crippen LogP contribution in [0.3, 0.4) is 0 Å². The largest absolute Gasteiger partial charge is 0.467 e. The number of ether oxygens (including phenoxy) is 2. The van der Waals surface area contributed by atoms with Crippen LogP contribution in [0.25, 0.3) is 0 Å². The molecule has 110 valence electrons. The molecule has 0 fully saturated rings. The highest BCUT2D eigenvalue weighted by Gasteiger charge is 2.28. The molecule has 0 aliphatic carbocycles.